The summed E-state index contributed by atoms with van der Waals surface area (Å²) in [6, 6.07) is 6.54. The average Bonchev–Trinajstić information content (AvgIpc) is 2.47. The summed E-state index contributed by atoms with van der Waals surface area (Å²) in [5.74, 6) is 0.502. The Kier molecular flexibility index (Phi) is 5.77. The van der Waals surface area contributed by atoms with Crippen molar-refractivity contribution in [3.8, 4) is 0 Å². The monoisotopic (exact) mass is 291 g/mol. The summed E-state index contributed by atoms with van der Waals surface area (Å²) < 4.78 is 13.2. The van der Waals surface area contributed by atoms with Gasteiger partial charge in [-0.2, -0.15) is 0 Å². The van der Waals surface area contributed by atoms with E-state index in [0.29, 0.717) is 12.3 Å². The largest absolute Gasteiger partial charge is 0.345 e. The van der Waals surface area contributed by atoms with Crippen LogP contribution in [0.2, 0.25) is 0 Å². The predicted molar refractivity (Wildman–Crippen MR) is 83.5 cm³/mol. The number of carbonyl (C=O) groups is 1. The lowest BCUT2D eigenvalue weighted by Gasteiger charge is -2.28. The van der Waals surface area contributed by atoms with Crippen LogP contribution in [0.1, 0.15) is 44.6 Å². The minimum atomic E-state index is -0.234. The minimum Gasteiger partial charge on any atom is -0.345 e. The molecule has 0 heterocycles. The predicted octanol–water partition coefficient (Wildman–Crippen LogP) is 4.04. The van der Waals surface area contributed by atoms with Gasteiger partial charge in [0.25, 0.3) is 0 Å². The Hall–Kier alpha value is -1.38. The summed E-state index contributed by atoms with van der Waals surface area (Å²) in [4.78, 5) is 14.3. The molecule has 0 saturated heterocycles. The molecule has 1 aromatic carbocycles. The van der Waals surface area contributed by atoms with E-state index in [2.05, 4.69) is 0 Å². The molecular weight excluding hydrogens is 265 g/mol. The molecular formula is C18H26FNO. The first kappa shape index (κ1) is 16.0. The number of benzene rings is 1. The maximum absolute atomic E-state index is 13.2. The highest BCUT2D eigenvalue weighted by atomic mass is 19.1. The van der Waals surface area contributed by atoms with Crippen LogP contribution in [-0.4, -0.2) is 24.4 Å². The smallest absolute Gasteiger partial charge is 0.225 e. The van der Waals surface area contributed by atoms with Crippen molar-refractivity contribution in [2.75, 3.05) is 13.6 Å². The first-order valence-corrected chi connectivity index (χ1v) is 8.05. The minimum absolute atomic E-state index is 0.0969. The van der Waals surface area contributed by atoms with Gasteiger partial charge in [-0.15, -0.1) is 0 Å². The molecule has 1 saturated carbocycles. The first-order valence-electron chi connectivity index (χ1n) is 8.05. The Morgan fingerprint density at radius 2 is 2.05 bits per heavy atom. The Bertz CT molecular complexity index is 468. The standard InChI is InChI=1S/C18H26FNO/c1-14(11-16-9-6-10-17(19)12-16)18(21)20(2)13-15-7-4-3-5-8-15/h6,9-10,12,14-15H,3-5,7-8,11,13H2,1-2H3. The van der Waals surface area contributed by atoms with Crippen LogP contribution in [0.15, 0.2) is 24.3 Å². The van der Waals surface area contributed by atoms with Crippen molar-refractivity contribution in [3.63, 3.8) is 0 Å². The Morgan fingerprint density at radius 1 is 1.33 bits per heavy atom. The summed E-state index contributed by atoms with van der Waals surface area (Å²) >= 11 is 0. The summed E-state index contributed by atoms with van der Waals surface area (Å²) in [6.07, 6.45) is 7.03. The van der Waals surface area contributed by atoms with Crippen LogP contribution in [0.4, 0.5) is 4.39 Å². The van der Waals surface area contributed by atoms with Gasteiger partial charge in [0.2, 0.25) is 5.91 Å². The zero-order valence-electron chi connectivity index (χ0n) is 13.1. The molecule has 116 valence electrons. The van der Waals surface area contributed by atoms with Gasteiger partial charge in [0.05, 0.1) is 0 Å². The fourth-order valence-electron chi connectivity index (χ4n) is 3.33. The van der Waals surface area contributed by atoms with E-state index < -0.39 is 0 Å². The third-order valence-corrected chi connectivity index (χ3v) is 4.49. The lowest BCUT2D eigenvalue weighted by atomic mass is 9.88. The summed E-state index contributed by atoms with van der Waals surface area (Å²) in [7, 11) is 1.90. The van der Waals surface area contributed by atoms with Crippen molar-refractivity contribution in [2.45, 2.75) is 45.4 Å². The SMILES string of the molecule is CC(Cc1cccc(F)c1)C(=O)N(C)CC1CCCCC1. The number of nitrogens with zero attached hydrogens (tertiary/aromatic N) is 1. The summed E-state index contributed by atoms with van der Waals surface area (Å²) in [5.41, 5.74) is 0.891. The zero-order valence-corrected chi connectivity index (χ0v) is 13.1. The molecule has 1 amide bonds. The van der Waals surface area contributed by atoms with Crippen LogP contribution in [0.3, 0.4) is 0 Å². The Balaban J connectivity index is 1.85. The quantitative estimate of drug-likeness (QED) is 0.801. The molecule has 1 atom stereocenters. The van der Waals surface area contributed by atoms with E-state index in [9.17, 15) is 9.18 Å². The third kappa shape index (κ3) is 4.83. The molecule has 3 heteroatoms. The van der Waals surface area contributed by atoms with Crippen LogP contribution >= 0.6 is 0 Å². The highest BCUT2D eigenvalue weighted by Gasteiger charge is 2.22. The van der Waals surface area contributed by atoms with Crippen molar-refractivity contribution in [1.29, 1.82) is 0 Å². The molecule has 1 aliphatic rings. The van der Waals surface area contributed by atoms with Crippen LogP contribution in [-0.2, 0) is 11.2 Å². The van der Waals surface area contributed by atoms with Gasteiger partial charge in [0, 0.05) is 19.5 Å². The van der Waals surface area contributed by atoms with Crippen LogP contribution in [0.5, 0.6) is 0 Å². The molecule has 21 heavy (non-hydrogen) atoms. The molecule has 2 nitrogen and oxygen atoms in total. The maximum atomic E-state index is 13.2. The normalized spacial score (nSPS) is 17.5. The van der Waals surface area contributed by atoms with Gasteiger partial charge >= 0.3 is 0 Å². The van der Waals surface area contributed by atoms with E-state index in [4.69, 9.17) is 0 Å². The molecule has 1 aromatic rings. The van der Waals surface area contributed by atoms with Gasteiger partial charge in [0.1, 0.15) is 5.82 Å². The lowest BCUT2D eigenvalue weighted by molar-refractivity contribution is -0.134. The van der Waals surface area contributed by atoms with Crippen molar-refractivity contribution >= 4 is 5.91 Å². The highest BCUT2D eigenvalue weighted by molar-refractivity contribution is 5.78. The second-order valence-electron chi connectivity index (χ2n) is 6.46. The number of rotatable bonds is 5. The summed E-state index contributed by atoms with van der Waals surface area (Å²) in [6.45, 7) is 2.80. The number of halogens is 1. The molecule has 0 N–H and O–H groups in total. The Labute approximate surface area is 127 Å². The molecule has 0 aromatic heterocycles. The number of amides is 1. The highest BCUT2D eigenvalue weighted by Crippen LogP contribution is 2.24. The van der Waals surface area contributed by atoms with Gasteiger partial charge in [-0.3, -0.25) is 4.79 Å². The van der Waals surface area contributed by atoms with Gasteiger partial charge < -0.3 is 4.90 Å². The number of carbonyl (C=O) groups excluding carboxylic acids is 1. The molecule has 1 aliphatic carbocycles. The second kappa shape index (κ2) is 7.58. The van der Waals surface area contributed by atoms with E-state index >= 15 is 0 Å². The topological polar surface area (TPSA) is 20.3 Å². The Morgan fingerprint density at radius 3 is 2.71 bits per heavy atom. The molecule has 0 bridgehead atoms. The van der Waals surface area contributed by atoms with Gasteiger partial charge in [0.15, 0.2) is 0 Å². The fourth-order valence-corrected chi connectivity index (χ4v) is 3.33. The van der Waals surface area contributed by atoms with Crippen LogP contribution < -0.4 is 0 Å². The lowest BCUT2D eigenvalue weighted by Crippen LogP contribution is -2.36. The van der Waals surface area contributed by atoms with Crippen molar-refractivity contribution < 1.29 is 9.18 Å². The summed E-state index contributed by atoms with van der Waals surface area (Å²) in [5, 5.41) is 0. The molecule has 1 fully saturated rings. The van der Waals surface area contributed by atoms with E-state index in [0.717, 1.165) is 12.1 Å². The molecule has 0 radical (unpaired) electrons. The van der Waals surface area contributed by atoms with Crippen LogP contribution in [0, 0.1) is 17.7 Å². The van der Waals surface area contributed by atoms with E-state index in [1.54, 1.807) is 6.07 Å². The second-order valence-corrected chi connectivity index (χ2v) is 6.46. The molecule has 2 rings (SSSR count). The molecule has 0 spiro atoms. The number of hydrogen-bond donors (Lipinski definition) is 0. The van der Waals surface area contributed by atoms with Gasteiger partial charge in [-0.05, 0) is 42.9 Å². The fraction of sp³-hybridized carbons (Fsp3) is 0.611. The van der Waals surface area contributed by atoms with Gasteiger partial charge in [-0.1, -0.05) is 38.3 Å². The maximum Gasteiger partial charge on any atom is 0.225 e. The van der Waals surface area contributed by atoms with E-state index in [1.807, 2.05) is 24.9 Å². The van der Waals surface area contributed by atoms with Crippen molar-refractivity contribution in [3.05, 3.63) is 35.6 Å². The molecule has 1 unspecified atom stereocenters. The zero-order chi connectivity index (χ0) is 15.2. The third-order valence-electron chi connectivity index (χ3n) is 4.49. The number of hydrogen-bond acceptors (Lipinski definition) is 1. The average molecular weight is 291 g/mol. The van der Waals surface area contributed by atoms with Crippen molar-refractivity contribution in [2.24, 2.45) is 11.8 Å². The molecule has 0 aliphatic heterocycles. The first-order chi connectivity index (χ1) is 10.1. The van der Waals surface area contributed by atoms with Crippen LogP contribution in [0.25, 0.3) is 0 Å². The van der Waals surface area contributed by atoms with Gasteiger partial charge in [-0.25, -0.2) is 4.39 Å². The van der Waals surface area contributed by atoms with E-state index in [-0.39, 0.29) is 17.6 Å². The van der Waals surface area contributed by atoms with E-state index in [1.165, 1.54) is 44.2 Å². The van der Waals surface area contributed by atoms with Crippen molar-refractivity contribution in [1.82, 2.24) is 4.90 Å².